The molecule has 4 nitrogen and oxygen atoms in total. The van der Waals surface area contributed by atoms with E-state index < -0.39 is 0 Å². The molecule has 52 heavy (non-hydrogen) atoms. The zero-order valence-electron chi connectivity index (χ0n) is 28.1. The number of benzene rings is 8. The van der Waals surface area contributed by atoms with E-state index in [-0.39, 0.29) is 0 Å². The van der Waals surface area contributed by atoms with Crippen molar-refractivity contribution in [2.24, 2.45) is 0 Å². The molecule has 0 bridgehead atoms. The molecular formula is C48H30N4. The summed E-state index contributed by atoms with van der Waals surface area (Å²) in [5.74, 6) is 0.657. The van der Waals surface area contributed by atoms with Crippen LogP contribution >= 0.6 is 0 Å². The Bertz CT molecular complexity index is 3170. The molecule has 0 N–H and O–H groups in total. The van der Waals surface area contributed by atoms with Crippen molar-refractivity contribution in [3.05, 3.63) is 182 Å². The molecule has 0 spiro atoms. The van der Waals surface area contributed by atoms with Gasteiger partial charge in [0.25, 0.3) is 0 Å². The maximum Gasteiger partial charge on any atom is 0.235 e. The number of hydrogen-bond donors (Lipinski definition) is 0. The van der Waals surface area contributed by atoms with Crippen LogP contribution in [0.1, 0.15) is 0 Å². The van der Waals surface area contributed by atoms with Gasteiger partial charge in [0.15, 0.2) is 0 Å². The van der Waals surface area contributed by atoms with Gasteiger partial charge in [0.05, 0.1) is 33.3 Å². The molecule has 0 aliphatic heterocycles. The van der Waals surface area contributed by atoms with Crippen LogP contribution in [0.3, 0.4) is 0 Å². The molecule has 0 amide bonds. The van der Waals surface area contributed by atoms with E-state index in [9.17, 15) is 0 Å². The molecule has 0 aliphatic carbocycles. The summed E-state index contributed by atoms with van der Waals surface area (Å²) in [6.07, 6.45) is 0. The van der Waals surface area contributed by atoms with Crippen LogP contribution in [0.2, 0.25) is 0 Å². The van der Waals surface area contributed by atoms with Crippen LogP contribution in [0.5, 0.6) is 0 Å². The fourth-order valence-electron chi connectivity index (χ4n) is 8.08. The second kappa shape index (κ2) is 11.2. The Labute approximate surface area is 299 Å². The zero-order chi connectivity index (χ0) is 34.2. The van der Waals surface area contributed by atoms with Gasteiger partial charge in [-0.2, -0.15) is 0 Å². The lowest BCUT2D eigenvalue weighted by atomic mass is 10.0. The van der Waals surface area contributed by atoms with E-state index in [2.05, 4.69) is 185 Å². The van der Waals surface area contributed by atoms with Gasteiger partial charge < -0.3 is 4.57 Å². The Hall–Kier alpha value is -7.04. The smallest absolute Gasteiger partial charge is 0.235 e. The van der Waals surface area contributed by atoms with E-state index >= 15 is 0 Å². The minimum atomic E-state index is 0.657. The van der Waals surface area contributed by atoms with Gasteiger partial charge in [0.1, 0.15) is 0 Å². The number of fused-ring (bicyclic) bond motifs is 8. The molecule has 0 fully saturated rings. The Morgan fingerprint density at radius 3 is 1.65 bits per heavy atom. The molecule has 242 valence electrons. The largest absolute Gasteiger partial charge is 0.309 e. The van der Waals surface area contributed by atoms with Crippen molar-refractivity contribution in [1.29, 1.82) is 0 Å². The third-order valence-electron chi connectivity index (χ3n) is 10.5. The fourth-order valence-corrected chi connectivity index (χ4v) is 8.08. The first-order valence-electron chi connectivity index (χ1n) is 17.7. The third kappa shape index (κ3) is 4.34. The van der Waals surface area contributed by atoms with Gasteiger partial charge >= 0.3 is 0 Å². The lowest BCUT2D eigenvalue weighted by molar-refractivity contribution is 1.01. The van der Waals surface area contributed by atoms with Crippen LogP contribution in [0, 0.1) is 0 Å². The van der Waals surface area contributed by atoms with Crippen molar-refractivity contribution in [1.82, 2.24) is 19.1 Å². The fraction of sp³-hybridized carbons (Fsp3) is 0. The molecular weight excluding hydrogens is 633 g/mol. The van der Waals surface area contributed by atoms with Crippen molar-refractivity contribution in [3.63, 3.8) is 0 Å². The van der Waals surface area contributed by atoms with Crippen molar-refractivity contribution >= 4 is 65.3 Å². The molecule has 0 atom stereocenters. The van der Waals surface area contributed by atoms with Crippen LogP contribution in [0.25, 0.3) is 99.3 Å². The average Bonchev–Trinajstić information content (AvgIpc) is 3.71. The van der Waals surface area contributed by atoms with Crippen LogP contribution in [0.15, 0.2) is 182 Å². The quantitative estimate of drug-likeness (QED) is 0.188. The van der Waals surface area contributed by atoms with E-state index in [1.807, 2.05) is 6.07 Å². The first kappa shape index (κ1) is 28.8. The van der Waals surface area contributed by atoms with Crippen LogP contribution in [-0.4, -0.2) is 19.1 Å². The molecule has 0 unspecified atom stereocenters. The van der Waals surface area contributed by atoms with E-state index in [1.165, 1.54) is 43.4 Å². The third-order valence-corrected chi connectivity index (χ3v) is 10.5. The van der Waals surface area contributed by atoms with Crippen LogP contribution < -0.4 is 0 Å². The standard InChI is InChI=1S/C48H30N4/c1-3-13-31(14-4-1)47-40-20-9-11-21-42(40)49-48(50-47)52-45-30-35(24-26-39(45)41-27-32-15-7-8-16-33(32)28-46(41)52)34-23-25-38-37-19-10-12-22-43(37)51(44(38)29-34)36-17-5-2-6-18-36/h1-30H. The Kier molecular flexibility index (Phi) is 6.22. The first-order chi connectivity index (χ1) is 25.8. The summed E-state index contributed by atoms with van der Waals surface area (Å²) in [6.45, 7) is 0. The highest BCUT2D eigenvalue weighted by Crippen LogP contribution is 2.39. The van der Waals surface area contributed by atoms with E-state index in [4.69, 9.17) is 9.97 Å². The Morgan fingerprint density at radius 2 is 0.885 bits per heavy atom. The lowest BCUT2D eigenvalue weighted by Gasteiger charge is -2.12. The highest BCUT2D eigenvalue weighted by atomic mass is 15.2. The molecule has 4 heteroatoms. The zero-order valence-corrected chi connectivity index (χ0v) is 28.1. The molecule has 0 aliphatic rings. The number of hydrogen-bond acceptors (Lipinski definition) is 2. The highest BCUT2D eigenvalue weighted by Gasteiger charge is 2.19. The van der Waals surface area contributed by atoms with Crippen LogP contribution in [0.4, 0.5) is 0 Å². The second-order valence-electron chi connectivity index (χ2n) is 13.5. The molecule has 3 aromatic heterocycles. The topological polar surface area (TPSA) is 35.6 Å². The van der Waals surface area contributed by atoms with Gasteiger partial charge in [0, 0.05) is 38.2 Å². The van der Waals surface area contributed by atoms with Gasteiger partial charge in [-0.3, -0.25) is 4.57 Å². The number of rotatable bonds is 4. The van der Waals surface area contributed by atoms with Gasteiger partial charge in [0.2, 0.25) is 5.95 Å². The number of nitrogens with zero attached hydrogens (tertiary/aromatic N) is 4. The summed E-state index contributed by atoms with van der Waals surface area (Å²) >= 11 is 0. The molecule has 0 saturated carbocycles. The molecule has 3 heterocycles. The summed E-state index contributed by atoms with van der Waals surface area (Å²) in [6, 6.07) is 65.0. The number of aromatic nitrogens is 4. The minimum Gasteiger partial charge on any atom is -0.309 e. The molecule has 11 aromatic rings. The summed E-state index contributed by atoms with van der Waals surface area (Å²) in [5, 5.41) is 8.26. The monoisotopic (exact) mass is 662 g/mol. The van der Waals surface area contributed by atoms with Gasteiger partial charge in [-0.25, -0.2) is 9.97 Å². The van der Waals surface area contributed by atoms with Crippen molar-refractivity contribution in [2.45, 2.75) is 0 Å². The average molecular weight is 663 g/mol. The lowest BCUT2D eigenvalue weighted by Crippen LogP contribution is -2.03. The number of para-hydroxylation sites is 3. The minimum absolute atomic E-state index is 0.657. The second-order valence-corrected chi connectivity index (χ2v) is 13.5. The molecule has 11 rings (SSSR count). The van der Waals surface area contributed by atoms with Gasteiger partial charge in [-0.1, -0.05) is 133 Å². The summed E-state index contributed by atoms with van der Waals surface area (Å²) in [7, 11) is 0. The summed E-state index contributed by atoms with van der Waals surface area (Å²) in [5.41, 5.74) is 10.9. The predicted molar refractivity (Wildman–Crippen MR) is 217 cm³/mol. The van der Waals surface area contributed by atoms with Gasteiger partial charge in [-0.15, -0.1) is 0 Å². The van der Waals surface area contributed by atoms with E-state index in [0.717, 1.165) is 50.0 Å². The van der Waals surface area contributed by atoms with E-state index in [0.29, 0.717) is 5.95 Å². The molecule has 8 aromatic carbocycles. The predicted octanol–water partition coefficient (Wildman–Crippen LogP) is 12.3. The maximum atomic E-state index is 5.36. The maximum absolute atomic E-state index is 5.36. The van der Waals surface area contributed by atoms with Crippen LogP contribution in [-0.2, 0) is 0 Å². The normalized spacial score (nSPS) is 11.8. The SMILES string of the molecule is c1ccc(-c2nc(-n3c4cc(-c5ccc6c7ccccc7n(-c7ccccc7)c6c5)ccc4c4cc5ccccc5cc43)nc3ccccc23)cc1. The van der Waals surface area contributed by atoms with Crippen molar-refractivity contribution in [2.75, 3.05) is 0 Å². The summed E-state index contributed by atoms with van der Waals surface area (Å²) < 4.78 is 4.64. The van der Waals surface area contributed by atoms with Gasteiger partial charge in [-0.05, 0) is 70.4 Å². The summed E-state index contributed by atoms with van der Waals surface area (Å²) in [4.78, 5) is 10.6. The molecule has 0 radical (unpaired) electrons. The first-order valence-corrected chi connectivity index (χ1v) is 17.7. The van der Waals surface area contributed by atoms with Crippen molar-refractivity contribution < 1.29 is 0 Å². The van der Waals surface area contributed by atoms with E-state index in [1.54, 1.807) is 0 Å². The Morgan fingerprint density at radius 1 is 0.327 bits per heavy atom. The van der Waals surface area contributed by atoms with Crippen molar-refractivity contribution in [3.8, 4) is 34.0 Å². The Balaban J connectivity index is 1.20. The highest BCUT2D eigenvalue weighted by molar-refractivity contribution is 6.15. The molecule has 0 saturated heterocycles.